The first-order valence-electron chi connectivity index (χ1n) is 11.4. The van der Waals surface area contributed by atoms with Gasteiger partial charge in [-0.1, -0.05) is 31.0 Å². The lowest BCUT2D eigenvalue weighted by Crippen LogP contribution is -2.35. The number of nitrogens with one attached hydrogen (secondary N) is 1. The molecule has 1 N–H and O–H groups in total. The van der Waals surface area contributed by atoms with Gasteiger partial charge in [0.25, 0.3) is 0 Å². The SMILES string of the molecule is O=C(CS(=O)(=O)c1cn(CC(=O)N2CCCCCC2)c2ccccc12)NC[C@@H]1CCCO1. The van der Waals surface area contributed by atoms with Crippen molar-refractivity contribution < 1.29 is 22.7 Å². The Labute approximate surface area is 188 Å². The molecule has 2 aromatic rings. The van der Waals surface area contributed by atoms with Crippen LogP contribution in [-0.2, 0) is 30.7 Å². The van der Waals surface area contributed by atoms with Gasteiger partial charge in [-0.05, 0) is 31.7 Å². The van der Waals surface area contributed by atoms with Crippen LogP contribution in [0.3, 0.4) is 0 Å². The highest BCUT2D eigenvalue weighted by Gasteiger charge is 2.26. The summed E-state index contributed by atoms with van der Waals surface area (Å²) in [5.41, 5.74) is 0.675. The van der Waals surface area contributed by atoms with Gasteiger partial charge in [-0.25, -0.2) is 8.42 Å². The van der Waals surface area contributed by atoms with Crippen LogP contribution in [0.5, 0.6) is 0 Å². The van der Waals surface area contributed by atoms with E-state index >= 15 is 0 Å². The van der Waals surface area contributed by atoms with Crippen molar-refractivity contribution in [3.8, 4) is 0 Å². The van der Waals surface area contributed by atoms with Gasteiger partial charge in [-0.3, -0.25) is 9.59 Å². The lowest BCUT2D eigenvalue weighted by atomic mass is 10.2. The van der Waals surface area contributed by atoms with Crippen LogP contribution in [0.1, 0.15) is 38.5 Å². The molecule has 2 saturated heterocycles. The molecule has 4 rings (SSSR count). The number of para-hydroxylation sites is 1. The molecule has 8 nitrogen and oxygen atoms in total. The van der Waals surface area contributed by atoms with Crippen LogP contribution < -0.4 is 5.32 Å². The summed E-state index contributed by atoms with van der Waals surface area (Å²) in [5.74, 6) is -1.18. The minimum atomic E-state index is -3.88. The fourth-order valence-corrected chi connectivity index (χ4v) is 5.89. The molecule has 0 spiro atoms. The van der Waals surface area contributed by atoms with Crippen molar-refractivity contribution in [3.05, 3.63) is 30.5 Å². The third-order valence-electron chi connectivity index (χ3n) is 6.22. The van der Waals surface area contributed by atoms with Gasteiger partial charge >= 0.3 is 0 Å². The second-order valence-electron chi connectivity index (χ2n) is 8.63. The van der Waals surface area contributed by atoms with Crippen LogP contribution in [0.4, 0.5) is 0 Å². The van der Waals surface area contributed by atoms with Crippen molar-refractivity contribution >= 4 is 32.6 Å². The molecule has 2 aliphatic rings. The molecule has 0 saturated carbocycles. The second kappa shape index (κ2) is 10.0. The van der Waals surface area contributed by atoms with E-state index in [4.69, 9.17) is 4.74 Å². The predicted octanol–water partition coefficient (Wildman–Crippen LogP) is 2.11. The Morgan fingerprint density at radius 3 is 2.53 bits per heavy atom. The monoisotopic (exact) mass is 461 g/mol. The number of carbonyl (C=O) groups is 2. The summed E-state index contributed by atoms with van der Waals surface area (Å²) >= 11 is 0. The Balaban J connectivity index is 1.50. The van der Waals surface area contributed by atoms with Crippen molar-refractivity contribution in [2.75, 3.05) is 32.0 Å². The number of amides is 2. The molecular weight excluding hydrogens is 430 g/mol. The van der Waals surface area contributed by atoms with Gasteiger partial charge < -0.3 is 19.5 Å². The Morgan fingerprint density at radius 1 is 1.06 bits per heavy atom. The number of hydrogen-bond acceptors (Lipinski definition) is 5. The van der Waals surface area contributed by atoms with E-state index < -0.39 is 21.5 Å². The van der Waals surface area contributed by atoms with Crippen molar-refractivity contribution in [2.45, 2.75) is 56.1 Å². The highest BCUT2D eigenvalue weighted by atomic mass is 32.2. The highest BCUT2D eigenvalue weighted by Crippen LogP contribution is 2.27. The van der Waals surface area contributed by atoms with Gasteiger partial charge in [-0.15, -0.1) is 0 Å². The summed E-state index contributed by atoms with van der Waals surface area (Å²) in [6, 6.07) is 7.11. The van der Waals surface area contributed by atoms with Crippen molar-refractivity contribution in [3.63, 3.8) is 0 Å². The Kier molecular flexibility index (Phi) is 7.15. The molecule has 2 aliphatic heterocycles. The molecule has 174 valence electrons. The molecule has 1 aromatic heterocycles. The lowest BCUT2D eigenvalue weighted by molar-refractivity contribution is -0.131. The molecular formula is C23H31N3O5S. The predicted molar refractivity (Wildman–Crippen MR) is 121 cm³/mol. The van der Waals surface area contributed by atoms with E-state index in [1.54, 1.807) is 16.7 Å². The fourth-order valence-electron chi connectivity index (χ4n) is 4.49. The first kappa shape index (κ1) is 22.8. The summed E-state index contributed by atoms with van der Waals surface area (Å²) in [6.45, 7) is 2.57. The van der Waals surface area contributed by atoms with E-state index in [2.05, 4.69) is 5.32 Å². The molecule has 1 aromatic carbocycles. The van der Waals surface area contributed by atoms with Crippen LogP contribution in [-0.4, -0.2) is 67.8 Å². The minimum absolute atomic E-state index is 0.00842. The van der Waals surface area contributed by atoms with Crippen molar-refractivity contribution in [1.29, 1.82) is 0 Å². The van der Waals surface area contributed by atoms with Gasteiger partial charge in [0.1, 0.15) is 12.3 Å². The molecule has 0 unspecified atom stereocenters. The Morgan fingerprint density at radius 2 is 1.81 bits per heavy atom. The number of fused-ring (bicyclic) bond motifs is 1. The number of rotatable bonds is 7. The Bertz CT molecular complexity index is 1060. The number of hydrogen-bond donors (Lipinski definition) is 1. The molecule has 0 radical (unpaired) electrons. The lowest BCUT2D eigenvalue weighted by Gasteiger charge is -2.20. The van der Waals surface area contributed by atoms with E-state index in [-0.39, 0.29) is 23.5 Å². The van der Waals surface area contributed by atoms with E-state index in [1.807, 2.05) is 17.0 Å². The first-order valence-corrected chi connectivity index (χ1v) is 13.1. The smallest absolute Gasteiger partial charge is 0.242 e. The third kappa shape index (κ3) is 5.32. The quantitative estimate of drug-likeness (QED) is 0.681. The Hall–Kier alpha value is -2.39. The van der Waals surface area contributed by atoms with E-state index in [1.165, 1.54) is 6.20 Å². The standard InChI is InChI=1S/C23H31N3O5S/c27-22(24-14-18-8-7-13-31-18)17-32(29,30)21-15-26(20-10-4-3-9-19(20)21)16-23(28)25-11-5-1-2-6-12-25/h3-4,9-10,15,18H,1-2,5-8,11-14,16-17H2,(H,24,27)/t18-/m0/s1. The van der Waals surface area contributed by atoms with Gasteiger partial charge in [-0.2, -0.15) is 0 Å². The fraction of sp³-hybridized carbons (Fsp3) is 0.565. The number of nitrogens with zero attached hydrogens (tertiary/aromatic N) is 2. The van der Waals surface area contributed by atoms with E-state index in [0.717, 1.165) is 51.6 Å². The van der Waals surface area contributed by atoms with Crippen LogP contribution in [0.15, 0.2) is 35.4 Å². The average Bonchev–Trinajstić information content (AvgIpc) is 3.33. The zero-order valence-electron chi connectivity index (χ0n) is 18.3. The zero-order valence-corrected chi connectivity index (χ0v) is 19.1. The summed E-state index contributed by atoms with van der Waals surface area (Å²) in [4.78, 5) is 27.2. The minimum Gasteiger partial charge on any atom is -0.376 e. The molecule has 9 heteroatoms. The number of aromatic nitrogens is 1. The highest BCUT2D eigenvalue weighted by molar-refractivity contribution is 7.92. The second-order valence-corrected chi connectivity index (χ2v) is 10.6. The molecule has 2 amide bonds. The number of carbonyl (C=O) groups excluding carboxylic acids is 2. The van der Waals surface area contributed by atoms with Crippen LogP contribution in [0.25, 0.3) is 10.9 Å². The molecule has 3 heterocycles. The summed E-state index contributed by atoms with van der Waals surface area (Å²) < 4.78 is 33.4. The average molecular weight is 462 g/mol. The molecule has 2 fully saturated rings. The molecule has 0 bridgehead atoms. The zero-order chi connectivity index (χ0) is 22.6. The normalized spacial score (nSPS) is 19.8. The summed E-state index contributed by atoms with van der Waals surface area (Å²) in [7, 11) is -3.88. The number of ether oxygens (including phenoxy) is 1. The maximum absolute atomic E-state index is 13.1. The third-order valence-corrected chi connectivity index (χ3v) is 7.86. The van der Waals surface area contributed by atoms with Crippen molar-refractivity contribution in [2.24, 2.45) is 0 Å². The number of likely N-dealkylation sites (tertiary alicyclic amines) is 1. The van der Waals surface area contributed by atoms with Crippen molar-refractivity contribution in [1.82, 2.24) is 14.8 Å². The van der Waals surface area contributed by atoms with Gasteiger partial charge in [0, 0.05) is 43.3 Å². The summed E-state index contributed by atoms with van der Waals surface area (Å²) in [6.07, 6.45) is 7.54. The topological polar surface area (TPSA) is 97.7 Å². The van der Waals surface area contributed by atoms with Crippen LogP contribution >= 0.6 is 0 Å². The van der Waals surface area contributed by atoms with Gasteiger partial charge in [0.2, 0.25) is 11.8 Å². The van der Waals surface area contributed by atoms with E-state index in [0.29, 0.717) is 24.1 Å². The van der Waals surface area contributed by atoms with Gasteiger partial charge in [0.15, 0.2) is 9.84 Å². The molecule has 0 aliphatic carbocycles. The largest absolute Gasteiger partial charge is 0.376 e. The maximum Gasteiger partial charge on any atom is 0.242 e. The number of benzene rings is 1. The molecule has 32 heavy (non-hydrogen) atoms. The van der Waals surface area contributed by atoms with Crippen LogP contribution in [0, 0.1) is 0 Å². The number of sulfone groups is 1. The van der Waals surface area contributed by atoms with Gasteiger partial charge in [0.05, 0.1) is 11.0 Å². The summed E-state index contributed by atoms with van der Waals surface area (Å²) in [5, 5.41) is 3.21. The van der Waals surface area contributed by atoms with Crippen LogP contribution in [0.2, 0.25) is 0 Å². The first-order chi connectivity index (χ1) is 15.4. The van der Waals surface area contributed by atoms with E-state index in [9.17, 15) is 18.0 Å². The molecule has 1 atom stereocenters. The maximum atomic E-state index is 13.1.